The third-order valence-electron chi connectivity index (χ3n) is 6.75. The minimum absolute atomic E-state index is 0.0781. The van der Waals surface area contributed by atoms with Crippen LogP contribution >= 0.6 is 0 Å². The van der Waals surface area contributed by atoms with Crippen molar-refractivity contribution in [3.63, 3.8) is 0 Å². The minimum Gasteiger partial charge on any atom is -0.497 e. The second-order valence-electron chi connectivity index (χ2n) is 9.21. The molecule has 186 valence electrons. The first-order valence-corrected chi connectivity index (χ1v) is 12.6. The SMILES string of the molecule is CCCC(NC(=O)c1c(-c2ccc3cc(OC)ccc3c2)nc(-c2ccccc2)n1C)c1ccccc1. The molecule has 0 aliphatic rings. The van der Waals surface area contributed by atoms with Gasteiger partial charge in [-0.3, -0.25) is 4.79 Å². The maximum atomic E-state index is 13.9. The monoisotopic (exact) mass is 489 g/mol. The number of aromatic nitrogens is 2. The van der Waals surface area contributed by atoms with Crippen LogP contribution in [-0.4, -0.2) is 22.6 Å². The van der Waals surface area contributed by atoms with E-state index in [-0.39, 0.29) is 11.9 Å². The summed E-state index contributed by atoms with van der Waals surface area (Å²) in [6.07, 6.45) is 1.81. The van der Waals surface area contributed by atoms with Crippen molar-refractivity contribution in [3.8, 4) is 28.4 Å². The van der Waals surface area contributed by atoms with E-state index < -0.39 is 0 Å². The number of hydrogen-bond donors (Lipinski definition) is 1. The van der Waals surface area contributed by atoms with Crippen molar-refractivity contribution in [2.75, 3.05) is 7.11 Å². The normalized spacial score (nSPS) is 11.9. The summed E-state index contributed by atoms with van der Waals surface area (Å²) < 4.78 is 7.29. The van der Waals surface area contributed by atoms with Crippen LogP contribution in [0, 0.1) is 0 Å². The molecule has 1 amide bonds. The first kappa shape index (κ1) is 24.3. The smallest absolute Gasteiger partial charge is 0.270 e. The summed E-state index contributed by atoms with van der Waals surface area (Å²) in [4.78, 5) is 18.9. The summed E-state index contributed by atoms with van der Waals surface area (Å²) in [7, 11) is 3.58. The highest BCUT2D eigenvalue weighted by atomic mass is 16.5. The maximum absolute atomic E-state index is 13.9. The molecule has 1 atom stereocenters. The van der Waals surface area contributed by atoms with Crippen molar-refractivity contribution in [2.45, 2.75) is 25.8 Å². The molecule has 0 aliphatic heterocycles. The van der Waals surface area contributed by atoms with Crippen LogP contribution in [0.3, 0.4) is 0 Å². The number of nitrogens with one attached hydrogen (secondary N) is 1. The fourth-order valence-corrected chi connectivity index (χ4v) is 4.83. The number of hydrogen-bond acceptors (Lipinski definition) is 3. The fraction of sp³-hybridized carbons (Fsp3) is 0.188. The lowest BCUT2D eigenvalue weighted by Gasteiger charge is -2.19. The van der Waals surface area contributed by atoms with Crippen LogP contribution in [0.1, 0.15) is 41.9 Å². The van der Waals surface area contributed by atoms with E-state index in [4.69, 9.17) is 9.72 Å². The number of methoxy groups -OCH3 is 1. The summed E-state index contributed by atoms with van der Waals surface area (Å²) in [5, 5.41) is 5.43. The number of benzene rings is 4. The first-order valence-electron chi connectivity index (χ1n) is 12.6. The molecule has 1 heterocycles. The molecule has 0 bridgehead atoms. The third kappa shape index (κ3) is 4.98. The van der Waals surface area contributed by atoms with Gasteiger partial charge in [0.2, 0.25) is 0 Å². The van der Waals surface area contributed by atoms with E-state index in [9.17, 15) is 4.79 Å². The van der Waals surface area contributed by atoms with Gasteiger partial charge in [0.25, 0.3) is 5.91 Å². The Bertz CT molecular complexity index is 1520. The first-order chi connectivity index (χ1) is 18.1. The summed E-state index contributed by atoms with van der Waals surface area (Å²) in [5.74, 6) is 1.43. The zero-order valence-corrected chi connectivity index (χ0v) is 21.4. The van der Waals surface area contributed by atoms with Crippen molar-refractivity contribution < 1.29 is 9.53 Å². The van der Waals surface area contributed by atoms with Crippen molar-refractivity contribution in [1.82, 2.24) is 14.9 Å². The number of amides is 1. The Hall–Kier alpha value is -4.38. The lowest BCUT2D eigenvalue weighted by atomic mass is 10.0. The lowest BCUT2D eigenvalue weighted by Crippen LogP contribution is -2.30. The molecule has 5 aromatic rings. The van der Waals surface area contributed by atoms with Gasteiger partial charge in [-0.15, -0.1) is 0 Å². The number of ether oxygens (including phenoxy) is 1. The van der Waals surface area contributed by atoms with Gasteiger partial charge in [-0.05, 0) is 41.0 Å². The molecule has 1 aromatic heterocycles. The molecule has 4 aromatic carbocycles. The summed E-state index contributed by atoms with van der Waals surface area (Å²) >= 11 is 0. The minimum atomic E-state index is -0.135. The van der Waals surface area contributed by atoms with Crippen molar-refractivity contribution in [3.05, 3.63) is 108 Å². The van der Waals surface area contributed by atoms with Crippen LogP contribution < -0.4 is 10.1 Å². The van der Waals surface area contributed by atoms with Gasteiger partial charge in [0.15, 0.2) is 0 Å². The topological polar surface area (TPSA) is 56.1 Å². The lowest BCUT2D eigenvalue weighted by molar-refractivity contribution is 0.0927. The molecular weight excluding hydrogens is 458 g/mol. The Morgan fingerprint density at radius 1 is 0.892 bits per heavy atom. The number of fused-ring (bicyclic) bond motifs is 1. The van der Waals surface area contributed by atoms with Crippen molar-refractivity contribution in [1.29, 1.82) is 0 Å². The Morgan fingerprint density at radius 3 is 2.27 bits per heavy atom. The van der Waals surface area contributed by atoms with Crippen LogP contribution in [0.25, 0.3) is 33.4 Å². The highest BCUT2D eigenvalue weighted by molar-refractivity contribution is 6.01. The molecule has 1 N–H and O–H groups in total. The molecule has 5 rings (SSSR count). The van der Waals surface area contributed by atoms with Gasteiger partial charge in [-0.25, -0.2) is 4.98 Å². The molecular formula is C32H31N3O2. The molecule has 37 heavy (non-hydrogen) atoms. The quantitative estimate of drug-likeness (QED) is 0.251. The highest BCUT2D eigenvalue weighted by Gasteiger charge is 2.25. The average molecular weight is 490 g/mol. The van der Waals surface area contributed by atoms with Crippen LogP contribution in [-0.2, 0) is 7.05 Å². The number of imidazole rings is 1. The highest BCUT2D eigenvalue weighted by Crippen LogP contribution is 2.32. The Kier molecular flexibility index (Phi) is 7.04. The molecule has 0 aliphatic carbocycles. The molecule has 0 saturated carbocycles. The molecule has 5 nitrogen and oxygen atoms in total. The number of nitrogens with zero attached hydrogens (tertiary/aromatic N) is 2. The number of carbonyl (C=O) groups is 1. The molecule has 5 heteroatoms. The zero-order valence-electron chi connectivity index (χ0n) is 21.4. The van der Waals surface area contributed by atoms with Gasteiger partial charge in [-0.1, -0.05) is 92.2 Å². The van der Waals surface area contributed by atoms with Crippen LogP contribution in [0.5, 0.6) is 5.75 Å². The second-order valence-corrected chi connectivity index (χ2v) is 9.21. The summed E-state index contributed by atoms with van der Waals surface area (Å²) in [6, 6.07) is 32.2. The Morgan fingerprint density at radius 2 is 1.57 bits per heavy atom. The van der Waals surface area contributed by atoms with Gasteiger partial charge < -0.3 is 14.6 Å². The van der Waals surface area contributed by atoms with E-state index >= 15 is 0 Å². The van der Waals surface area contributed by atoms with Gasteiger partial charge in [0.05, 0.1) is 13.2 Å². The molecule has 0 radical (unpaired) electrons. The Balaban J connectivity index is 1.61. The van der Waals surface area contributed by atoms with Gasteiger partial charge in [0.1, 0.15) is 23.0 Å². The molecule has 0 saturated heterocycles. The second kappa shape index (κ2) is 10.7. The predicted molar refractivity (Wildman–Crippen MR) is 150 cm³/mol. The van der Waals surface area contributed by atoms with E-state index in [1.54, 1.807) is 7.11 Å². The van der Waals surface area contributed by atoms with E-state index in [1.165, 1.54) is 0 Å². The summed E-state index contributed by atoms with van der Waals surface area (Å²) in [6.45, 7) is 2.13. The van der Waals surface area contributed by atoms with Gasteiger partial charge in [-0.2, -0.15) is 0 Å². The van der Waals surface area contributed by atoms with E-state index in [0.717, 1.165) is 51.9 Å². The number of rotatable bonds is 8. The maximum Gasteiger partial charge on any atom is 0.270 e. The van der Waals surface area contributed by atoms with Gasteiger partial charge in [0, 0.05) is 18.2 Å². The Labute approximate surface area is 217 Å². The van der Waals surface area contributed by atoms with Crippen molar-refractivity contribution in [2.24, 2.45) is 7.05 Å². The predicted octanol–water partition coefficient (Wildman–Crippen LogP) is 7.19. The van der Waals surface area contributed by atoms with E-state index in [2.05, 4.69) is 36.5 Å². The molecule has 0 fully saturated rings. The van der Waals surface area contributed by atoms with Crippen LogP contribution in [0.15, 0.2) is 97.1 Å². The van der Waals surface area contributed by atoms with Gasteiger partial charge >= 0.3 is 0 Å². The standard InChI is InChI=1S/C32H31N3O2/c1-4-11-28(22-12-7-5-8-13-22)33-32(36)30-29(34-31(35(30)2)23-14-9-6-10-15-23)26-17-16-25-21-27(37-3)19-18-24(25)20-26/h5-10,12-21,28H,4,11H2,1-3H3,(H,33,36). The van der Waals surface area contributed by atoms with Crippen LogP contribution in [0.2, 0.25) is 0 Å². The summed E-state index contributed by atoms with van der Waals surface area (Å²) in [5.41, 5.74) is 4.17. The van der Waals surface area contributed by atoms with E-state index in [0.29, 0.717) is 11.4 Å². The number of carbonyl (C=O) groups excluding carboxylic acids is 1. The molecule has 0 spiro atoms. The zero-order chi connectivity index (χ0) is 25.8. The third-order valence-corrected chi connectivity index (χ3v) is 6.75. The average Bonchev–Trinajstić information content (AvgIpc) is 3.30. The fourth-order valence-electron chi connectivity index (χ4n) is 4.83. The molecule has 1 unspecified atom stereocenters. The largest absolute Gasteiger partial charge is 0.497 e. The van der Waals surface area contributed by atoms with E-state index in [1.807, 2.05) is 84.4 Å². The van der Waals surface area contributed by atoms with Crippen LogP contribution in [0.4, 0.5) is 0 Å². The van der Waals surface area contributed by atoms with Crippen molar-refractivity contribution >= 4 is 16.7 Å².